The summed E-state index contributed by atoms with van der Waals surface area (Å²) in [6, 6.07) is 0. The van der Waals surface area contributed by atoms with Gasteiger partial charge in [0.2, 0.25) is 0 Å². The van der Waals surface area contributed by atoms with Crippen LogP contribution in [0, 0.1) is 11.8 Å². The van der Waals surface area contributed by atoms with Crippen molar-refractivity contribution in [3.8, 4) is 0 Å². The maximum absolute atomic E-state index is 13.2. The molecule has 0 spiro atoms. The zero-order valence-corrected chi connectivity index (χ0v) is 71.5. The third-order valence-electron chi connectivity index (χ3n) is 20.8. The highest BCUT2D eigenvalue weighted by Crippen LogP contribution is 2.45. The van der Waals surface area contributed by atoms with Gasteiger partial charge in [-0.2, -0.15) is 0 Å². The van der Waals surface area contributed by atoms with Crippen LogP contribution in [0.25, 0.3) is 0 Å². The average Bonchev–Trinajstić information content (AvgIpc) is 0.901. The number of hydrogen-bond donors (Lipinski definition) is 3. The first-order valence-corrected chi connectivity index (χ1v) is 48.0. The summed E-state index contributed by atoms with van der Waals surface area (Å²) in [4.78, 5) is 73.3. The minimum absolute atomic E-state index is 0.108. The summed E-state index contributed by atoms with van der Waals surface area (Å²) >= 11 is 0. The van der Waals surface area contributed by atoms with E-state index in [4.69, 9.17) is 37.0 Å². The Kier molecular flexibility index (Phi) is 76.9. The van der Waals surface area contributed by atoms with Gasteiger partial charge in [0.1, 0.15) is 19.3 Å². The van der Waals surface area contributed by atoms with Gasteiger partial charge in [0, 0.05) is 25.7 Å². The van der Waals surface area contributed by atoms with Gasteiger partial charge in [0.25, 0.3) is 0 Å². The Hall–Kier alpha value is -1.94. The third kappa shape index (κ3) is 78.7. The second-order valence-corrected chi connectivity index (χ2v) is 34.9. The number of carbonyl (C=O) groups is 4. The number of carbonyl (C=O) groups excluding carboxylic acids is 4. The van der Waals surface area contributed by atoms with Crippen LogP contribution in [0.1, 0.15) is 465 Å². The lowest BCUT2D eigenvalue weighted by Gasteiger charge is -2.21. The standard InChI is InChI=1S/C87H170O17P2/c1-7-10-12-14-16-18-20-21-22-25-29-34-40-46-52-58-64-70-85(90)98-76-83(104-86(91)71-65-59-53-47-41-35-30-27-24-23-26-28-33-39-44-50-56-62-68-80(6)9-3)78-102-106(95,96)100-74-81(88)73-99-105(93,94)101-77-82(75-97-84(89)69-63-57-51-45-37-19-17-15-13-11-8-2)103-87(92)72-66-60-54-48-42-36-31-32-38-43-49-55-61-67-79(4)5/h79-83,88H,7-78H2,1-6H3,(H,93,94)(H,95,96)/t80?,81-,82+,83+/m0/s1. The van der Waals surface area contributed by atoms with Crippen molar-refractivity contribution in [2.24, 2.45) is 11.8 Å². The van der Waals surface area contributed by atoms with Gasteiger partial charge < -0.3 is 33.8 Å². The molecule has 630 valence electrons. The van der Waals surface area contributed by atoms with E-state index in [2.05, 4.69) is 41.5 Å². The molecule has 6 atom stereocenters. The number of phosphoric acid groups is 2. The van der Waals surface area contributed by atoms with E-state index in [1.54, 1.807) is 0 Å². The molecule has 0 aromatic heterocycles. The number of hydrogen-bond acceptors (Lipinski definition) is 15. The van der Waals surface area contributed by atoms with Crippen LogP contribution >= 0.6 is 15.6 Å². The number of aliphatic hydroxyl groups excluding tert-OH is 1. The van der Waals surface area contributed by atoms with Crippen LogP contribution in [0.4, 0.5) is 0 Å². The first-order chi connectivity index (χ1) is 51.4. The number of phosphoric ester groups is 2. The first-order valence-electron chi connectivity index (χ1n) is 45.0. The van der Waals surface area contributed by atoms with Crippen molar-refractivity contribution < 1.29 is 80.2 Å². The maximum atomic E-state index is 13.2. The van der Waals surface area contributed by atoms with E-state index in [0.29, 0.717) is 25.7 Å². The van der Waals surface area contributed by atoms with E-state index < -0.39 is 97.5 Å². The summed E-state index contributed by atoms with van der Waals surface area (Å²) in [5.74, 6) is -0.442. The Labute approximate surface area is 651 Å². The topological polar surface area (TPSA) is 237 Å². The van der Waals surface area contributed by atoms with Crippen LogP contribution in [0.3, 0.4) is 0 Å². The van der Waals surface area contributed by atoms with Crippen molar-refractivity contribution in [3.05, 3.63) is 0 Å². The maximum Gasteiger partial charge on any atom is 0.472 e. The zero-order valence-electron chi connectivity index (χ0n) is 69.7. The molecular weight excluding hydrogens is 1380 g/mol. The van der Waals surface area contributed by atoms with Gasteiger partial charge in [0.15, 0.2) is 12.2 Å². The number of rotatable bonds is 86. The summed E-state index contributed by atoms with van der Waals surface area (Å²) in [5.41, 5.74) is 0. The lowest BCUT2D eigenvalue weighted by Crippen LogP contribution is -2.30. The highest BCUT2D eigenvalue weighted by molar-refractivity contribution is 7.47. The van der Waals surface area contributed by atoms with Gasteiger partial charge >= 0.3 is 39.5 Å². The third-order valence-corrected chi connectivity index (χ3v) is 22.7. The van der Waals surface area contributed by atoms with E-state index >= 15 is 0 Å². The minimum atomic E-state index is -4.97. The molecule has 0 saturated heterocycles. The van der Waals surface area contributed by atoms with Gasteiger partial charge in [-0.1, -0.05) is 414 Å². The molecule has 0 saturated carbocycles. The molecule has 0 aromatic rings. The molecular formula is C87H170O17P2. The molecule has 17 nitrogen and oxygen atoms in total. The van der Waals surface area contributed by atoms with Crippen molar-refractivity contribution in [1.82, 2.24) is 0 Å². The molecule has 0 heterocycles. The van der Waals surface area contributed by atoms with E-state index in [9.17, 15) is 43.2 Å². The van der Waals surface area contributed by atoms with Crippen LogP contribution < -0.4 is 0 Å². The quantitative estimate of drug-likeness (QED) is 0.0222. The average molecular weight is 1550 g/mol. The Morgan fingerprint density at radius 3 is 0.717 bits per heavy atom. The van der Waals surface area contributed by atoms with Gasteiger partial charge in [-0.15, -0.1) is 0 Å². The molecule has 0 fully saturated rings. The fourth-order valence-electron chi connectivity index (χ4n) is 13.6. The second kappa shape index (κ2) is 78.3. The first kappa shape index (κ1) is 104. The number of ether oxygens (including phenoxy) is 4. The highest BCUT2D eigenvalue weighted by atomic mass is 31.2. The molecule has 0 bridgehead atoms. The molecule has 0 aliphatic heterocycles. The smallest absolute Gasteiger partial charge is 0.462 e. The van der Waals surface area contributed by atoms with Crippen LogP contribution in [-0.2, 0) is 65.4 Å². The van der Waals surface area contributed by atoms with Crippen LogP contribution in [-0.4, -0.2) is 96.7 Å². The molecule has 19 heteroatoms. The van der Waals surface area contributed by atoms with E-state index in [0.717, 1.165) is 102 Å². The molecule has 0 aromatic carbocycles. The summed E-state index contributed by atoms with van der Waals surface area (Å²) in [6.07, 6.45) is 70.7. The van der Waals surface area contributed by atoms with Crippen molar-refractivity contribution in [2.45, 2.75) is 484 Å². The Bertz CT molecular complexity index is 2030. The van der Waals surface area contributed by atoms with Crippen molar-refractivity contribution in [3.63, 3.8) is 0 Å². The van der Waals surface area contributed by atoms with Gasteiger partial charge in [-0.05, 0) is 37.5 Å². The monoisotopic (exact) mass is 1550 g/mol. The molecule has 0 radical (unpaired) electrons. The van der Waals surface area contributed by atoms with E-state index in [-0.39, 0.29) is 25.7 Å². The Morgan fingerprint density at radius 1 is 0.274 bits per heavy atom. The summed E-state index contributed by atoms with van der Waals surface area (Å²) in [5, 5.41) is 10.7. The molecule has 0 aliphatic rings. The molecule has 3 N–H and O–H groups in total. The normalized spacial score (nSPS) is 14.1. The van der Waals surface area contributed by atoms with Crippen molar-refractivity contribution >= 4 is 39.5 Å². The Morgan fingerprint density at radius 2 is 0.481 bits per heavy atom. The van der Waals surface area contributed by atoms with Crippen LogP contribution in [0.15, 0.2) is 0 Å². The summed E-state index contributed by atoms with van der Waals surface area (Å²) in [6.45, 7) is 9.76. The largest absolute Gasteiger partial charge is 0.472 e. The SMILES string of the molecule is CCCCCCCCCCCCCCCCCCCC(=O)OC[C@H](COP(=O)(O)OC[C@@H](O)COP(=O)(O)OC[C@@H](COC(=O)CCCCCCCCCCCCC)OC(=O)CCCCCCCCCCCCCCCC(C)C)OC(=O)CCCCCCCCCCCCCCCCCCCCC(C)CC. The minimum Gasteiger partial charge on any atom is -0.462 e. The van der Waals surface area contributed by atoms with E-state index in [1.165, 1.54) is 283 Å². The number of esters is 4. The number of aliphatic hydroxyl groups is 1. The lowest BCUT2D eigenvalue weighted by atomic mass is 9.99. The predicted octanol–water partition coefficient (Wildman–Crippen LogP) is 26.6. The van der Waals surface area contributed by atoms with Gasteiger partial charge in [-0.25, -0.2) is 9.13 Å². The number of unbranched alkanes of at least 4 members (excludes halogenated alkanes) is 55. The fourth-order valence-corrected chi connectivity index (χ4v) is 15.1. The zero-order chi connectivity index (χ0) is 77.8. The van der Waals surface area contributed by atoms with Crippen molar-refractivity contribution in [2.75, 3.05) is 39.6 Å². The van der Waals surface area contributed by atoms with Crippen LogP contribution in [0.5, 0.6) is 0 Å². The predicted molar refractivity (Wildman–Crippen MR) is 437 cm³/mol. The molecule has 106 heavy (non-hydrogen) atoms. The Balaban J connectivity index is 5.23. The van der Waals surface area contributed by atoms with Crippen molar-refractivity contribution in [1.29, 1.82) is 0 Å². The van der Waals surface area contributed by atoms with E-state index in [1.807, 2.05) is 0 Å². The molecule has 0 rings (SSSR count). The fraction of sp³-hybridized carbons (Fsp3) is 0.954. The molecule has 0 amide bonds. The van der Waals surface area contributed by atoms with Crippen LogP contribution in [0.2, 0.25) is 0 Å². The van der Waals surface area contributed by atoms with Gasteiger partial charge in [0.05, 0.1) is 26.4 Å². The lowest BCUT2D eigenvalue weighted by molar-refractivity contribution is -0.161. The summed E-state index contributed by atoms with van der Waals surface area (Å²) < 4.78 is 68.9. The second-order valence-electron chi connectivity index (χ2n) is 32.0. The highest BCUT2D eigenvalue weighted by Gasteiger charge is 2.30. The molecule has 0 aliphatic carbocycles. The summed E-state index contributed by atoms with van der Waals surface area (Å²) in [7, 11) is -9.93. The van der Waals surface area contributed by atoms with Gasteiger partial charge in [-0.3, -0.25) is 37.3 Å². The molecule has 3 unspecified atom stereocenters.